The average Bonchev–Trinajstić information content (AvgIpc) is 2.59. The summed E-state index contributed by atoms with van der Waals surface area (Å²) in [6, 6.07) is 10.7. The molecule has 2 rings (SSSR count). The molecule has 0 saturated carbocycles. The summed E-state index contributed by atoms with van der Waals surface area (Å²) in [5, 5.41) is 21.0. The topological polar surface area (TPSA) is 44.8 Å². The summed E-state index contributed by atoms with van der Waals surface area (Å²) in [5.41, 5.74) is 0.753. The van der Waals surface area contributed by atoms with Gasteiger partial charge in [-0.05, 0) is 35.2 Å². The van der Waals surface area contributed by atoms with Crippen molar-refractivity contribution in [1.82, 2.24) is 0 Å². The summed E-state index contributed by atoms with van der Waals surface area (Å²) in [5.74, 6) is -0.364. The third-order valence-electron chi connectivity index (χ3n) is 4.05. The molecule has 0 aromatic heterocycles. The number of hydrogen-bond donors (Lipinski definition) is 2. The van der Waals surface area contributed by atoms with Crippen molar-refractivity contribution in [2.24, 2.45) is 0 Å². The molecule has 23 heavy (non-hydrogen) atoms. The quantitative estimate of drug-likeness (QED) is 0.781. The first-order chi connectivity index (χ1) is 11.0. The van der Waals surface area contributed by atoms with Crippen LogP contribution in [0.2, 0.25) is 0 Å². The van der Waals surface area contributed by atoms with Crippen LogP contribution in [0.4, 0.5) is 10.1 Å². The van der Waals surface area contributed by atoms with Crippen molar-refractivity contribution in [3.63, 3.8) is 0 Å². The highest BCUT2D eigenvalue weighted by Gasteiger charge is 2.33. The van der Waals surface area contributed by atoms with Gasteiger partial charge in [-0.15, -0.1) is 0 Å². The summed E-state index contributed by atoms with van der Waals surface area (Å²) in [4.78, 5) is 3.36. The molecule has 1 atom stereocenters. The molecule has 3 nitrogen and oxygen atoms in total. The Morgan fingerprint density at radius 2 is 1.87 bits per heavy atom. The van der Waals surface area contributed by atoms with Crippen molar-refractivity contribution >= 4 is 5.69 Å². The second-order valence-corrected chi connectivity index (χ2v) is 5.58. The highest BCUT2D eigenvalue weighted by Crippen LogP contribution is 2.38. The molecule has 4 heteroatoms. The van der Waals surface area contributed by atoms with Gasteiger partial charge >= 0.3 is 0 Å². The first-order valence-electron chi connectivity index (χ1n) is 7.65. The van der Waals surface area contributed by atoms with Crippen molar-refractivity contribution in [2.45, 2.75) is 38.4 Å². The first-order valence-corrected chi connectivity index (χ1v) is 7.65. The highest BCUT2D eigenvalue weighted by atomic mass is 19.1. The zero-order valence-corrected chi connectivity index (χ0v) is 13.1. The molecular formula is C19H20FNO2. The molecule has 0 unspecified atom stereocenters. The summed E-state index contributed by atoms with van der Waals surface area (Å²) >= 11 is 0. The van der Waals surface area contributed by atoms with Crippen LogP contribution in [-0.4, -0.2) is 10.2 Å². The molecule has 0 spiro atoms. The number of nitrogens with zero attached hydrogens (tertiary/aromatic N) is 1. The van der Waals surface area contributed by atoms with Crippen LogP contribution in [0.3, 0.4) is 0 Å². The highest BCUT2D eigenvalue weighted by molar-refractivity contribution is 5.52. The normalized spacial score (nSPS) is 13.3. The Balaban J connectivity index is 2.58. The molecule has 0 heterocycles. The van der Waals surface area contributed by atoms with Gasteiger partial charge in [-0.2, -0.15) is 0 Å². The Bertz CT molecular complexity index is 706. The molecule has 0 aliphatic carbocycles. The maximum atomic E-state index is 13.2. The van der Waals surface area contributed by atoms with Crippen LogP contribution in [-0.2, 0) is 12.2 Å². The summed E-state index contributed by atoms with van der Waals surface area (Å²) in [7, 11) is 0. The zero-order valence-electron chi connectivity index (χ0n) is 13.1. The van der Waals surface area contributed by atoms with Crippen molar-refractivity contribution in [3.05, 3.63) is 76.4 Å². The minimum absolute atomic E-state index is 0.270. The van der Waals surface area contributed by atoms with Gasteiger partial charge in [-0.1, -0.05) is 50.1 Å². The van der Waals surface area contributed by atoms with Gasteiger partial charge in [0.25, 0.3) is 0 Å². The van der Waals surface area contributed by atoms with Crippen LogP contribution >= 0.6 is 0 Å². The average molecular weight is 313 g/mol. The lowest BCUT2D eigenvalue weighted by Gasteiger charge is -2.31. The largest absolute Gasteiger partial charge is 0.392 e. The number of hydrogen-bond acceptors (Lipinski definition) is 2. The molecule has 2 N–H and O–H groups in total. The molecule has 0 amide bonds. The number of aliphatic hydroxyl groups excluding tert-OH is 1. The van der Waals surface area contributed by atoms with Crippen molar-refractivity contribution in [3.8, 4) is 0 Å². The Morgan fingerprint density at radius 1 is 1.17 bits per heavy atom. The second kappa shape index (κ2) is 7.36. The number of halogens is 1. The standard InChI is InChI=1S/C19H20FNO2/c1-3-4-11-19(23,15-5-7-16(20)8-6-15)18-10-9-17(21-2)12-14(18)13-22/h5-10,12,22-23H,3-4,11,13H2,1H3/t19-/m1/s1. The lowest BCUT2D eigenvalue weighted by molar-refractivity contribution is 0.0660. The fourth-order valence-corrected chi connectivity index (χ4v) is 2.78. The molecule has 0 aliphatic heterocycles. The minimum Gasteiger partial charge on any atom is -0.392 e. The number of benzene rings is 2. The minimum atomic E-state index is -1.32. The molecule has 0 saturated heterocycles. The molecule has 0 fully saturated rings. The SMILES string of the molecule is [C-]#[N+]c1ccc([C@@](O)(CCCC)c2ccc(F)cc2)c(CO)c1. The van der Waals surface area contributed by atoms with E-state index < -0.39 is 5.60 Å². The molecule has 120 valence electrons. The van der Waals surface area contributed by atoms with E-state index in [4.69, 9.17) is 6.57 Å². The Hall–Kier alpha value is -2.22. The van der Waals surface area contributed by atoms with Crippen LogP contribution in [0, 0.1) is 12.4 Å². The van der Waals surface area contributed by atoms with Gasteiger partial charge in [-0.25, -0.2) is 9.24 Å². The smallest absolute Gasteiger partial charge is 0.187 e. The third kappa shape index (κ3) is 3.58. The Kier molecular flexibility index (Phi) is 5.49. The summed E-state index contributed by atoms with van der Waals surface area (Å²) in [6.07, 6.45) is 2.14. The Morgan fingerprint density at radius 3 is 2.43 bits per heavy atom. The van der Waals surface area contributed by atoms with E-state index in [2.05, 4.69) is 4.85 Å². The zero-order chi connectivity index (χ0) is 16.9. The van der Waals surface area contributed by atoms with Crippen molar-refractivity contribution < 1.29 is 14.6 Å². The van der Waals surface area contributed by atoms with E-state index in [-0.39, 0.29) is 12.4 Å². The lowest BCUT2D eigenvalue weighted by atomic mass is 9.80. The molecule has 2 aromatic carbocycles. The van der Waals surface area contributed by atoms with Crippen LogP contribution in [0.5, 0.6) is 0 Å². The predicted molar refractivity (Wildman–Crippen MR) is 87.6 cm³/mol. The van der Waals surface area contributed by atoms with Crippen molar-refractivity contribution in [2.75, 3.05) is 0 Å². The van der Waals surface area contributed by atoms with E-state index in [9.17, 15) is 14.6 Å². The second-order valence-electron chi connectivity index (χ2n) is 5.58. The molecule has 0 bridgehead atoms. The maximum absolute atomic E-state index is 13.2. The van der Waals surface area contributed by atoms with Gasteiger partial charge < -0.3 is 10.2 Å². The van der Waals surface area contributed by atoms with Crippen LogP contribution in [0.25, 0.3) is 4.85 Å². The molecule has 2 aromatic rings. The van der Waals surface area contributed by atoms with Gasteiger partial charge in [-0.3, -0.25) is 0 Å². The van der Waals surface area contributed by atoms with Crippen molar-refractivity contribution in [1.29, 1.82) is 0 Å². The van der Waals surface area contributed by atoms with E-state index in [0.29, 0.717) is 28.8 Å². The first kappa shape index (κ1) is 17.1. The van der Waals surface area contributed by atoms with Crippen LogP contribution in [0.15, 0.2) is 42.5 Å². The summed E-state index contributed by atoms with van der Waals surface area (Å²) < 4.78 is 13.2. The molecular weight excluding hydrogens is 293 g/mol. The number of unbranched alkanes of at least 4 members (excludes halogenated alkanes) is 1. The van der Waals surface area contributed by atoms with E-state index >= 15 is 0 Å². The maximum Gasteiger partial charge on any atom is 0.187 e. The van der Waals surface area contributed by atoms with Crippen LogP contribution in [0.1, 0.15) is 42.9 Å². The van der Waals surface area contributed by atoms with Gasteiger partial charge in [0.1, 0.15) is 11.4 Å². The molecule has 0 aliphatic rings. The number of aliphatic hydroxyl groups is 2. The van der Waals surface area contributed by atoms with Gasteiger partial charge in [0, 0.05) is 0 Å². The summed E-state index contributed by atoms with van der Waals surface area (Å²) in [6.45, 7) is 8.84. The predicted octanol–water partition coefficient (Wildman–Crippen LogP) is 4.29. The van der Waals surface area contributed by atoms with Gasteiger partial charge in [0.15, 0.2) is 5.69 Å². The Labute approximate surface area is 135 Å². The van der Waals surface area contributed by atoms with E-state index in [1.54, 1.807) is 30.3 Å². The van der Waals surface area contributed by atoms with E-state index in [1.807, 2.05) is 6.92 Å². The molecule has 0 radical (unpaired) electrons. The van der Waals surface area contributed by atoms with Gasteiger partial charge in [0.2, 0.25) is 0 Å². The number of rotatable bonds is 6. The fraction of sp³-hybridized carbons (Fsp3) is 0.316. The lowest BCUT2D eigenvalue weighted by Crippen LogP contribution is -2.28. The fourth-order valence-electron chi connectivity index (χ4n) is 2.78. The monoisotopic (exact) mass is 313 g/mol. The van der Waals surface area contributed by atoms with E-state index in [1.165, 1.54) is 12.1 Å². The van der Waals surface area contributed by atoms with E-state index in [0.717, 1.165) is 12.8 Å². The van der Waals surface area contributed by atoms with Gasteiger partial charge in [0.05, 0.1) is 13.2 Å². The third-order valence-corrected chi connectivity index (χ3v) is 4.05. The van der Waals surface area contributed by atoms with Crippen LogP contribution < -0.4 is 0 Å².